The van der Waals surface area contributed by atoms with Crippen molar-refractivity contribution in [2.24, 2.45) is 60.7 Å². The summed E-state index contributed by atoms with van der Waals surface area (Å²) in [6.45, 7) is 3.28. The number of ether oxygens (including phenoxy) is 2. The third-order valence-corrected chi connectivity index (χ3v) is 21.2. The summed E-state index contributed by atoms with van der Waals surface area (Å²) in [6.07, 6.45) is 11.4. The molecular formula is C98H80N24O13. The van der Waals surface area contributed by atoms with Gasteiger partial charge in [-0.05, 0) is 127 Å². The van der Waals surface area contributed by atoms with Crippen LogP contribution in [-0.2, 0) is 23.6 Å². The van der Waals surface area contributed by atoms with Crippen molar-refractivity contribution < 1.29 is 63.5 Å². The van der Waals surface area contributed by atoms with Crippen molar-refractivity contribution in [1.82, 2.24) is 54.0 Å². The number of hydrogen-bond donors (Lipinski definition) is 8. The number of likely N-dealkylation sites (tertiary alicyclic amines) is 1. The van der Waals surface area contributed by atoms with Crippen molar-refractivity contribution in [2.75, 3.05) is 43.3 Å². The molecule has 1 aliphatic heterocycles. The van der Waals surface area contributed by atoms with Crippen LogP contribution >= 0.6 is 0 Å². The van der Waals surface area contributed by atoms with Gasteiger partial charge in [-0.15, -0.1) is 40.9 Å². The normalized spacial score (nSPS) is 11.8. The smallest absolute Gasteiger partial charge is 0.343 e. The number of carbonyl (C=O) groups excluding carboxylic acids is 7. The Morgan fingerprint density at radius 2 is 0.748 bits per heavy atom. The fourth-order valence-corrected chi connectivity index (χ4v) is 14.3. The number of nitriles is 1. The van der Waals surface area contributed by atoms with Crippen LogP contribution in [-0.4, -0.2) is 143 Å². The van der Waals surface area contributed by atoms with E-state index in [9.17, 15) is 59.2 Å². The molecule has 0 radical (unpaired) electrons. The van der Waals surface area contributed by atoms with Crippen molar-refractivity contribution in [3.63, 3.8) is 0 Å². The molecule has 9 N–H and O–H groups in total. The Hall–Kier alpha value is -19.0. The van der Waals surface area contributed by atoms with Gasteiger partial charge in [0.2, 0.25) is 0 Å². The van der Waals surface area contributed by atoms with E-state index in [1.807, 2.05) is 91.9 Å². The average molecular weight is 1800 g/mol. The standard InChI is InChI=1S/C28H21N5O4.C26H18N8O2.C23H19N5O4.C21H22N6O3/c1-37-28(36)23-17-29-33(20-13-6-3-7-14-20)26(23)32-31-24-21-15-9-8-10-18(21)16-22(25(24)34)27(35)30-19-11-4-2-5-12-19;1-16-7-9-19(10-8-16)31-25(36)21-13-17-5-2-3-6-20(17)22(23(21)35)32-33-24-18(14-27)15-30-34(24)26-28-11-4-12-29-26;1-28-21(18(13-24-28)23(31)32-2)27-26-19-16-11-7-6-8-14(16)12-17(20(19)29)22(30)25-15-9-4-3-5-10-15;1-26-20(16(12-23-26)19(22)29)25-24-17-14-8-4-3-7-13(14)11-15(18(17)28)21(30)27-9-5-2-6-10-27/h2-17,34H,1H3,(H,30,35);2-13,15,35H,1H3,(H,31,36);3-13,29H,1-2H3,(H,25,30);3-4,7-8,11-12,28H,2,5-6,9-10H2,1H3,(H2,22,29). The number of aryl methyl sites for hydroxylation is 3. The molecule has 5 amide bonds. The summed E-state index contributed by atoms with van der Waals surface area (Å²) in [6, 6.07) is 73.2. The van der Waals surface area contributed by atoms with Gasteiger partial charge in [0.05, 0.1) is 66.9 Å². The highest BCUT2D eigenvalue weighted by atomic mass is 16.5. The minimum absolute atomic E-state index is 0.0289. The number of anilines is 3. The molecule has 1 fully saturated rings. The van der Waals surface area contributed by atoms with Crippen LogP contribution in [0.4, 0.5) is 63.1 Å². The number of carbonyl (C=O) groups is 7. The number of hydrogen-bond acceptors (Lipinski definition) is 28. The van der Waals surface area contributed by atoms with Crippen LogP contribution in [0.3, 0.4) is 0 Å². The first kappa shape index (κ1) is 90.8. The molecule has 0 aliphatic carbocycles. The zero-order chi connectivity index (χ0) is 94.8. The number of nitrogens with zero attached hydrogens (tertiary/aromatic N) is 20. The van der Waals surface area contributed by atoms with Crippen molar-refractivity contribution in [1.29, 1.82) is 5.26 Å². The van der Waals surface area contributed by atoms with Crippen LogP contribution in [0.1, 0.15) is 103 Å². The maximum atomic E-state index is 13.1. The van der Waals surface area contributed by atoms with Gasteiger partial charge < -0.3 is 56.5 Å². The number of para-hydroxylation sites is 3. The SMILES string of the molecule is COC(=O)c1cnn(-c2ccccc2)c1N=Nc1c(O)c(C(=O)Nc2ccccc2)cc2ccccc12.COC(=O)c1cnn(C)c1N=Nc1c(O)c(C(=O)Nc2ccccc2)cc2ccccc12.Cc1ccc(NC(=O)c2cc3ccccc3c(N=Nc3c(C#N)cnn3-c3ncccn3)c2O)cc1.Cn1ncc(C(N)=O)c1N=Nc1c(O)c(C(=O)N2CCCCC2)cc2ccccc12. The van der Waals surface area contributed by atoms with E-state index in [-0.39, 0.29) is 125 Å². The van der Waals surface area contributed by atoms with Gasteiger partial charge in [0.1, 0.15) is 51.1 Å². The maximum Gasteiger partial charge on any atom is 0.343 e. The number of primary amides is 1. The van der Waals surface area contributed by atoms with Gasteiger partial charge in [0, 0.05) is 78.2 Å². The molecule has 18 rings (SSSR count). The molecule has 1 saturated heterocycles. The highest BCUT2D eigenvalue weighted by Gasteiger charge is 2.29. The molecule has 135 heavy (non-hydrogen) atoms. The molecule has 6 heterocycles. The molecule has 37 heteroatoms. The van der Waals surface area contributed by atoms with E-state index >= 15 is 0 Å². The summed E-state index contributed by atoms with van der Waals surface area (Å²) in [5.74, 6) is -4.21. The van der Waals surface area contributed by atoms with Gasteiger partial charge in [0.25, 0.3) is 35.5 Å². The summed E-state index contributed by atoms with van der Waals surface area (Å²) in [7, 11) is 5.72. The molecule has 0 unspecified atom stereocenters. The fraction of sp³-hybridized carbons (Fsp3) is 0.102. The number of esters is 2. The summed E-state index contributed by atoms with van der Waals surface area (Å²) < 4.78 is 15.1. The number of nitrogens with two attached hydrogens (primary N) is 1. The molecule has 0 spiro atoms. The minimum atomic E-state index is -0.680. The maximum absolute atomic E-state index is 13.1. The second-order valence-electron chi connectivity index (χ2n) is 29.9. The average Bonchev–Trinajstić information content (AvgIpc) is 1.35. The van der Waals surface area contributed by atoms with Crippen molar-refractivity contribution >= 4 is 148 Å². The van der Waals surface area contributed by atoms with Gasteiger partial charge >= 0.3 is 11.9 Å². The highest BCUT2D eigenvalue weighted by molar-refractivity contribution is 6.15. The van der Waals surface area contributed by atoms with E-state index < -0.39 is 35.6 Å². The minimum Gasteiger partial charge on any atom is -0.505 e. The van der Waals surface area contributed by atoms with Crippen LogP contribution in [0.25, 0.3) is 54.7 Å². The van der Waals surface area contributed by atoms with Crippen LogP contribution in [0.2, 0.25) is 0 Å². The van der Waals surface area contributed by atoms with E-state index in [0.29, 0.717) is 73.5 Å². The molecule has 0 bridgehead atoms. The zero-order valence-electron chi connectivity index (χ0n) is 72.6. The predicted molar refractivity (Wildman–Crippen MR) is 502 cm³/mol. The lowest BCUT2D eigenvalue weighted by atomic mass is 10.0. The molecule has 12 aromatic carbocycles. The topological polar surface area (TPSA) is 504 Å². The van der Waals surface area contributed by atoms with Crippen LogP contribution in [0.5, 0.6) is 23.0 Å². The third-order valence-electron chi connectivity index (χ3n) is 21.2. The predicted octanol–water partition coefficient (Wildman–Crippen LogP) is 19.7. The first-order valence-corrected chi connectivity index (χ1v) is 41.5. The first-order chi connectivity index (χ1) is 65.6. The lowest BCUT2D eigenvalue weighted by molar-refractivity contribution is 0.0592. The quantitative estimate of drug-likeness (QED) is 0.0259. The summed E-state index contributed by atoms with van der Waals surface area (Å²) >= 11 is 0. The van der Waals surface area contributed by atoms with Crippen LogP contribution < -0.4 is 21.7 Å². The Morgan fingerprint density at radius 3 is 1.18 bits per heavy atom. The number of nitrogens with one attached hydrogen (secondary N) is 3. The van der Waals surface area contributed by atoms with Gasteiger partial charge in [0.15, 0.2) is 46.3 Å². The molecule has 1 aliphatic rings. The zero-order valence-corrected chi connectivity index (χ0v) is 72.6. The second kappa shape index (κ2) is 41.4. The van der Waals surface area contributed by atoms with Crippen molar-refractivity contribution in [2.45, 2.75) is 26.2 Å². The number of aromatic hydroxyl groups is 4. The highest BCUT2D eigenvalue weighted by Crippen LogP contribution is 2.46. The van der Waals surface area contributed by atoms with Crippen LogP contribution in [0, 0.1) is 18.3 Å². The second-order valence-corrected chi connectivity index (χ2v) is 29.9. The lowest BCUT2D eigenvalue weighted by Gasteiger charge is -2.27. The lowest BCUT2D eigenvalue weighted by Crippen LogP contribution is -2.35. The molecule has 17 aromatic rings. The number of rotatable bonds is 20. The summed E-state index contributed by atoms with van der Waals surface area (Å²) in [5, 5.41) is 117. The van der Waals surface area contributed by atoms with Crippen molar-refractivity contribution in [3.05, 3.63) is 330 Å². The van der Waals surface area contributed by atoms with E-state index in [1.54, 1.807) is 183 Å². The molecule has 0 saturated carbocycles. The summed E-state index contributed by atoms with van der Waals surface area (Å²) in [4.78, 5) is 98.1. The van der Waals surface area contributed by atoms with E-state index in [4.69, 9.17) is 15.2 Å². The number of amides is 5. The van der Waals surface area contributed by atoms with Gasteiger partial charge in [-0.1, -0.05) is 169 Å². The monoisotopic (exact) mass is 1800 g/mol. The summed E-state index contributed by atoms with van der Waals surface area (Å²) in [5.41, 5.74) is 10.0. The molecule has 0 atom stereocenters. The molecular weight excluding hydrogens is 1720 g/mol. The number of fused-ring (bicyclic) bond motifs is 4. The fourth-order valence-electron chi connectivity index (χ4n) is 14.3. The number of azo groups is 4. The van der Waals surface area contributed by atoms with E-state index in [1.165, 1.54) is 70.1 Å². The van der Waals surface area contributed by atoms with Crippen molar-refractivity contribution in [3.8, 4) is 40.7 Å². The largest absolute Gasteiger partial charge is 0.505 e. The number of methoxy groups -OCH3 is 2. The Bertz CT molecular complexity index is 7560. The Balaban J connectivity index is 0.000000137. The molecule has 670 valence electrons. The first-order valence-electron chi connectivity index (χ1n) is 41.5. The number of aromatic nitrogens is 10. The molecule has 5 aromatic heterocycles. The number of phenolic OH excluding ortho intramolecular Hbond substituents is 4. The Morgan fingerprint density at radius 1 is 0.393 bits per heavy atom. The third kappa shape index (κ3) is 20.3. The number of benzene rings is 12. The van der Waals surface area contributed by atoms with Gasteiger partial charge in [-0.2, -0.15) is 30.3 Å². The number of phenols is 4. The van der Waals surface area contributed by atoms with Gasteiger partial charge in [-0.3, -0.25) is 24.0 Å². The van der Waals surface area contributed by atoms with Crippen LogP contribution in [0.15, 0.2) is 321 Å². The molecule has 37 nitrogen and oxygen atoms in total. The number of piperidine rings is 1. The Kier molecular flexibility index (Phi) is 27.8. The van der Waals surface area contributed by atoms with E-state index in [2.05, 4.69) is 87.2 Å². The Labute approximate surface area is 767 Å². The van der Waals surface area contributed by atoms with E-state index in [0.717, 1.165) is 30.2 Å². The van der Waals surface area contributed by atoms with Gasteiger partial charge in [-0.25, -0.2) is 33.6 Å².